The Labute approximate surface area is 189 Å². The molecule has 1 N–H and O–H groups in total. The van der Waals surface area contributed by atoms with Crippen LogP contribution in [0.15, 0.2) is 34.9 Å². The van der Waals surface area contributed by atoms with Gasteiger partial charge in [-0.1, -0.05) is 23.4 Å². The third-order valence-electron chi connectivity index (χ3n) is 6.30. The number of hydrogen-bond donors (Lipinski definition) is 1. The smallest absolute Gasteiger partial charge is 0.326 e. The second-order valence-corrected chi connectivity index (χ2v) is 10.4. The molecule has 2 amide bonds. The molecule has 0 saturated carbocycles. The number of amides is 2. The zero-order chi connectivity index (χ0) is 23.5. The van der Waals surface area contributed by atoms with Crippen LogP contribution in [0.3, 0.4) is 0 Å². The number of nitrogens with one attached hydrogen (secondary N) is 1. The van der Waals surface area contributed by atoms with Crippen LogP contribution in [0, 0.1) is 18.6 Å². The number of hydrogen-bond acceptors (Lipinski definition) is 5. The fourth-order valence-electron chi connectivity index (χ4n) is 4.68. The van der Waals surface area contributed by atoms with Gasteiger partial charge in [-0.05, 0) is 38.0 Å². The Bertz CT molecular complexity index is 1350. The summed E-state index contributed by atoms with van der Waals surface area (Å²) >= 11 is 0. The van der Waals surface area contributed by atoms with E-state index in [0.29, 0.717) is 23.0 Å². The molecule has 33 heavy (non-hydrogen) atoms. The number of rotatable bonds is 5. The SMILES string of the molecule is CCS(=O)(=O)N[C@H]1C[C@H]2CN(c3noc4c(C)ccc(-c5c(F)cccc5F)c34)C(=O)N2C1. The summed E-state index contributed by atoms with van der Waals surface area (Å²) in [5, 5.41) is 4.46. The number of fused-ring (bicyclic) bond motifs is 2. The van der Waals surface area contributed by atoms with Crippen LogP contribution in [0.2, 0.25) is 0 Å². The second kappa shape index (κ2) is 7.77. The van der Waals surface area contributed by atoms with Crippen molar-refractivity contribution >= 4 is 32.8 Å². The van der Waals surface area contributed by atoms with Gasteiger partial charge < -0.3 is 9.42 Å². The highest BCUT2D eigenvalue weighted by Gasteiger charge is 2.46. The Morgan fingerprint density at radius 3 is 2.58 bits per heavy atom. The number of benzene rings is 2. The van der Waals surface area contributed by atoms with Crippen molar-refractivity contribution in [3.63, 3.8) is 0 Å². The molecule has 2 saturated heterocycles. The summed E-state index contributed by atoms with van der Waals surface area (Å²) in [6.07, 6.45) is 0.463. The lowest BCUT2D eigenvalue weighted by molar-refractivity contribution is 0.218. The van der Waals surface area contributed by atoms with Gasteiger partial charge in [-0.15, -0.1) is 0 Å². The Morgan fingerprint density at radius 2 is 1.91 bits per heavy atom. The van der Waals surface area contributed by atoms with Crippen molar-refractivity contribution in [2.75, 3.05) is 23.7 Å². The van der Waals surface area contributed by atoms with E-state index in [2.05, 4.69) is 9.88 Å². The third-order valence-corrected chi connectivity index (χ3v) is 7.75. The van der Waals surface area contributed by atoms with Gasteiger partial charge >= 0.3 is 6.03 Å². The fraction of sp³-hybridized carbons (Fsp3) is 0.364. The molecule has 3 heterocycles. The van der Waals surface area contributed by atoms with Gasteiger partial charge in [0.25, 0.3) is 0 Å². The van der Waals surface area contributed by atoms with E-state index in [1.165, 1.54) is 23.1 Å². The molecule has 5 rings (SSSR count). The number of anilines is 1. The number of carbonyl (C=O) groups is 1. The van der Waals surface area contributed by atoms with Crippen LogP contribution in [-0.4, -0.2) is 55.4 Å². The normalized spacial score (nSPS) is 20.8. The van der Waals surface area contributed by atoms with Crippen molar-refractivity contribution in [3.05, 3.63) is 47.5 Å². The number of urea groups is 1. The molecule has 2 aliphatic rings. The van der Waals surface area contributed by atoms with E-state index >= 15 is 0 Å². The topological polar surface area (TPSA) is 95.7 Å². The quantitative estimate of drug-likeness (QED) is 0.609. The van der Waals surface area contributed by atoms with E-state index in [-0.39, 0.29) is 53.9 Å². The van der Waals surface area contributed by atoms with Gasteiger partial charge in [0, 0.05) is 24.7 Å². The van der Waals surface area contributed by atoms with E-state index in [9.17, 15) is 22.0 Å². The van der Waals surface area contributed by atoms with E-state index in [4.69, 9.17) is 4.52 Å². The highest BCUT2D eigenvalue weighted by atomic mass is 32.2. The monoisotopic (exact) mass is 476 g/mol. The van der Waals surface area contributed by atoms with Gasteiger partial charge in [0.1, 0.15) is 11.6 Å². The molecule has 1 aromatic heterocycles. The van der Waals surface area contributed by atoms with Gasteiger partial charge in [-0.25, -0.2) is 26.7 Å². The van der Waals surface area contributed by atoms with Gasteiger partial charge in [-0.3, -0.25) is 4.90 Å². The standard InChI is InChI=1S/C22H22F2N4O4S/c1-3-33(30,31)26-13-9-14-11-28(22(29)27(14)10-13)21-19-15(8-7-12(2)20(19)32-25-21)18-16(23)5-4-6-17(18)24/h4-8,13-14,26H,3,9-11H2,1-2H3/t13-,14-/m0/s1. The maximum Gasteiger partial charge on any atom is 0.326 e. The second-order valence-electron chi connectivity index (χ2n) is 8.39. The summed E-state index contributed by atoms with van der Waals surface area (Å²) in [7, 11) is -3.39. The van der Waals surface area contributed by atoms with Crippen LogP contribution in [-0.2, 0) is 10.0 Å². The predicted octanol–water partition coefficient (Wildman–Crippen LogP) is 3.40. The Balaban J connectivity index is 1.53. The Kier molecular flexibility index (Phi) is 5.13. The summed E-state index contributed by atoms with van der Waals surface area (Å²) in [6, 6.07) is 5.99. The third kappa shape index (κ3) is 3.55. The molecule has 0 spiro atoms. The number of carbonyl (C=O) groups excluding carboxylic acids is 1. The average molecular weight is 477 g/mol. The van der Waals surface area contributed by atoms with Crippen LogP contribution in [0.25, 0.3) is 22.1 Å². The Morgan fingerprint density at radius 1 is 1.18 bits per heavy atom. The minimum Gasteiger partial charge on any atom is -0.354 e. The van der Waals surface area contributed by atoms with Crippen molar-refractivity contribution < 1.29 is 26.5 Å². The van der Waals surface area contributed by atoms with Crippen molar-refractivity contribution in [2.24, 2.45) is 0 Å². The number of aromatic nitrogens is 1. The van der Waals surface area contributed by atoms with E-state index in [0.717, 1.165) is 0 Å². The fourth-order valence-corrected chi connectivity index (χ4v) is 5.52. The molecular weight excluding hydrogens is 454 g/mol. The molecule has 174 valence electrons. The molecule has 0 aliphatic carbocycles. The molecule has 0 bridgehead atoms. The van der Waals surface area contributed by atoms with Crippen molar-refractivity contribution in [3.8, 4) is 11.1 Å². The van der Waals surface area contributed by atoms with Crippen LogP contribution < -0.4 is 9.62 Å². The predicted molar refractivity (Wildman–Crippen MR) is 118 cm³/mol. The van der Waals surface area contributed by atoms with Gasteiger partial charge in [0.2, 0.25) is 10.0 Å². The minimum absolute atomic E-state index is 0.0338. The lowest BCUT2D eigenvalue weighted by Crippen LogP contribution is -2.41. The van der Waals surface area contributed by atoms with Crippen LogP contribution in [0.4, 0.5) is 19.4 Å². The maximum atomic E-state index is 14.6. The van der Waals surface area contributed by atoms with Crippen molar-refractivity contribution in [2.45, 2.75) is 32.4 Å². The highest BCUT2D eigenvalue weighted by Crippen LogP contribution is 2.41. The first-order valence-electron chi connectivity index (χ1n) is 10.6. The summed E-state index contributed by atoms with van der Waals surface area (Å²) < 4.78 is 61.2. The molecule has 11 heteroatoms. The first kappa shape index (κ1) is 21.8. The van der Waals surface area contributed by atoms with Crippen LogP contribution >= 0.6 is 0 Å². The average Bonchev–Trinajstić information content (AvgIpc) is 3.44. The summed E-state index contributed by atoms with van der Waals surface area (Å²) in [5.74, 6) is -1.30. The molecule has 2 atom stereocenters. The zero-order valence-corrected chi connectivity index (χ0v) is 18.8. The molecule has 8 nitrogen and oxygen atoms in total. The maximum absolute atomic E-state index is 14.6. The lowest BCUT2D eigenvalue weighted by Gasteiger charge is -2.18. The number of sulfonamides is 1. The summed E-state index contributed by atoms with van der Waals surface area (Å²) in [5.41, 5.74) is 1.09. The largest absolute Gasteiger partial charge is 0.354 e. The molecule has 2 aliphatic heterocycles. The van der Waals surface area contributed by atoms with Gasteiger partial charge in [-0.2, -0.15) is 0 Å². The van der Waals surface area contributed by atoms with Crippen LogP contribution in [0.1, 0.15) is 18.9 Å². The van der Waals surface area contributed by atoms with Gasteiger partial charge in [0.15, 0.2) is 11.4 Å². The molecule has 3 aromatic rings. The lowest BCUT2D eigenvalue weighted by atomic mass is 9.98. The van der Waals surface area contributed by atoms with Crippen molar-refractivity contribution in [1.29, 1.82) is 0 Å². The number of halogens is 2. The first-order valence-corrected chi connectivity index (χ1v) is 12.3. The van der Waals surface area contributed by atoms with E-state index in [1.54, 1.807) is 30.9 Å². The van der Waals surface area contributed by atoms with Crippen molar-refractivity contribution in [1.82, 2.24) is 14.8 Å². The first-order chi connectivity index (χ1) is 15.7. The van der Waals surface area contributed by atoms with Gasteiger partial charge in [0.05, 0.1) is 22.7 Å². The van der Waals surface area contributed by atoms with E-state index in [1.807, 2.05) is 0 Å². The summed E-state index contributed by atoms with van der Waals surface area (Å²) in [4.78, 5) is 16.3. The Hall–Kier alpha value is -3.05. The number of aryl methyl sites for hydroxylation is 1. The summed E-state index contributed by atoms with van der Waals surface area (Å²) in [6.45, 7) is 3.84. The van der Waals surface area contributed by atoms with Crippen LogP contribution in [0.5, 0.6) is 0 Å². The zero-order valence-electron chi connectivity index (χ0n) is 18.0. The molecule has 0 radical (unpaired) electrons. The number of nitrogens with zero attached hydrogens (tertiary/aromatic N) is 3. The molecule has 2 fully saturated rings. The highest BCUT2D eigenvalue weighted by molar-refractivity contribution is 7.89. The van der Waals surface area contributed by atoms with E-state index < -0.39 is 21.7 Å². The molecular formula is C22H22F2N4O4S. The molecule has 2 aromatic carbocycles. The minimum atomic E-state index is -3.39. The molecule has 0 unspecified atom stereocenters.